The fourth-order valence-corrected chi connectivity index (χ4v) is 8.46. The van der Waals surface area contributed by atoms with Gasteiger partial charge in [-0.1, -0.05) is 62.4 Å². The third kappa shape index (κ3) is 14.0. The van der Waals surface area contributed by atoms with E-state index in [4.69, 9.17) is 29.7 Å². The molecule has 0 aliphatic carbocycles. The van der Waals surface area contributed by atoms with Crippen molar-refractivity contribution >= 4 is 58.7 Å². The number of aromatic nitrogens is 1. The van der Waals surface area contributed by atoms with Crippen molar-refractivity contribution in [3.8, 4) is 22.6 Å². The van der Waals surface area contributed by atoms with Gasteiger partial charge in [0.1, 0.15) is 17.8 Å². The van der Waals surface area contributed by atoms with Crippen molar-refractivity contribution in [2.45, 2.75) is 64.7 Å². The topological polar surface area (TPSA) is 246 Å². The van der Waals surface area contributed by atoms with E-state index in [0.29, 0.717) is 97.7 Å². The molecule has 0 saturated carbocycles. The number of benzene rings is 4. The van der Waals surface area contributed by atoms with E-state index in [-0.39, 0.29) is 55.2 Å². The predicted molar refractivity (Wildman–Crippen MR) is 281 cm³/mol. The molecule has 7 N–H and O–H groups in total. The lowest BCUT2D eigenvalue weighted by Crippen LogP contribution is -2.53. The van der Waals surface area contributed by atoms with Gasteiger partial charge in [0.05, 0.1) is 63.1 Å². The summed E-state index contributed by atoms with van der Waals surface area (Å²) in [4.78, 5) is 85.4. The van der Waals surface area contributed by atoms with Crippen LogP contribution >= 0.6 is 0 Å². The minimum atomic E-state index is -0.897. The Labute approximate surface area is 430 Å². The Bertz CT molecular complexity index is 2830. The molecule has 19 heteroatoms. The number of ether oxygens (including phenoxy) is 4. The van der Waals surface area contributed by atoms with E-state index < -0.39 is 23.9 Å². The highest BCUT2D eigenvalue weighted by Gasteiger charge is 2.33. The van der Waals surface area contributed by atoms with Crippen LogP contribution in [0.25, 0.3) is 11.1 Å². The van der Waals surface area contributed by atoms with Crippen molar-refractivity contribution in [3.05, 3.63) is 125 Å². The summed E-state index contributed by atoms with van der Waals surface area (Å²) in [6, 6.07) is 25.4. The first-order valence-corrected chi connectivity index (χ1v) is 24.7. The highest BCUT2D eigenvalue weighted by molar-refractivity contribution is 6.06. The first-order chi connectivity index (χ1) is 35.7. The molecule has 3 atom stereocenters. The minimum absolute atomic E-state index is 0.0638. The van der Waals surface area contributed by atoms with Gasteiger partial charge in [-0.3, -0.25) is 33.8 Å². The van der Waals surface area contributed by atoms with Crippen LogP contribution < -0.4 is 41.8 Å². The Kier molecular flexibility index (Phi) is 18.7. The lowest BCUT2D eigenvalue weighted by atomic mass is 9.94. The van der Waals surface area contributed by atoms with E-state index >= 15 is 0 Å². The van der Waals surface area contributed by atoms with Gasteiger partial charge >= 0.3 is 0 Å². The Balaban J connectivity index is 0.833. The SMILES string of the molecule is COc1cc2c(cc1OCCCNC(=O)c1cc(NC(=O)c3ccc(-c4ccc(NC(=O)[C@H](C)NC(=O)C(NC(=O)CCOCCOCCN)C(C)C)cc4)cc3)cn1C)N=C[C@@H]1Cc3ccccc3CN1C2=O. The number of hydrogen-bond acceptors (Lipinski definition) is 12. The maximum atomic E-state index is 13.7. The lowest BCUT2D eigenvalue weighted by molar-refractivity contribution is -0.132. The van der Waals surface area contributed by atoms with Crippen LogP contribution in [0.2, 0.25) is 0 Å². The number of nitrogens with zero attached hydrogens (tertiary/aromatic N) is 3. The largest absolute Gasteiger partial charge is 0.493 e. The van der Waals surface area contributed by atoms with Crippen LogP contribution in [-0.2, 0) is 43.9 Å². The molecule has 0 bridgehead atoms. The van der Waals surface area contributed by atoms with Gasteiger partial charge in [0.2, 0.25) is 17.7 Å². The standard InChI is InChI=1S/C55H65N9O10/c1-34(2)50(62-49(65)19-23-72-25-26-73-24-20-56)54(69)59-35(3)51(66)60-41-17-15-37(16-18-41)36-11-13-38(14-12-36)52(67)61-42-28-46(63(4)33-42)53(68)57-21-8-22-74-48-30-45-44(29-47(48)71-5)55(70)64-32-40-10-7-6-9-39(40)27-43(64)31-58-45/h6-7,9-18,28-31,33-35,43,50H,8,19-27,32,56H2,1-5H3,(H,57,68)(H,59,69)(H,60,66)(H,61,67)(H,62,65)/t35-,43-,50?/m0/s1. The molecular weight excluding hydrogens is 947 g/mol. The average Bonchev–Trinajstić information content (AvgIpc) is 3.71. The second-order valence-corrected chi connectivity index (χ2v) is 18.3. The number of rotatable bonds is 24. The molecule has 390 valence electrons. The van der Waals surface area contributed by atoms with E-state index in [9.17, 15) is 28.8 Å². The van der Waals surface area contributed by atoms with Gasteiger partial charge < -0.3 is 60.7 Å². The van der Waals surface area contributed by atoms with Crippen molar-refractivity contribution in [3.63, 3.8) is 0 Å². The first kappa shape index (κ1) is 53.9. The first-order valence-electron chi connectivity index (χ1n) is 24.7. The summed E-state index contributed by atoms with van der Waals surface area (Å²) in [7, 11) is 3.24. The summed E-state index contributed by atoms with van der Waals surface area (Å²) < 4.78 is 24.0. The summed E-state index contributed by atoms with van der Waals surface area (Å²) >= 11 is 0. The van der Waals surface area contributed by atoms with Gasteiger partial charge in [0.15, 0.2) is 11.5 Å². The molecule has 0 saturated heterocycles. The van der Waals surface area contributed by atoms with Crippen LogP contribution in [0, 0.1) is 5.92 Å². The number of nitrogens with one attached hydrogen (secondary N) is 5. The summed E-state index contributed by atoms with van der Waals surface area (Å²) in [6.45, 7) is 7.95. The number of methoxy groups -OCH3 is 1. The molecule has 0 radical (unpaired) electrons. The Morgan fingerprint density at radius 3 is 2.18 bits per heavy atom. The molecule has 4 aromatic carbocycles. The quantitative estimate of drug-likeness (QED) is 0.0428. The zero-order valence-corrected chi connectivity index (χ0v) is 42.4. The number of fused-ring (bicyclic) bond motifs is 3. The number of nitrogens with two attached hydrogens (primary N) is 1. The molecule has 5 aromatic rings. The highest BCUT2D eigenvalue weighted by atomic mass is 16.5. The fourth-order valence-electron chi connectivity index (χ4n) is 8.46. The smallest absolute Gasteiger partial charge is 0.267 e. The number of carbonyl (C=O) groups is 6. The summed E-state index contributed by atoms with van der Waals surface area (Å²) in [5.74, 6) is -1.44. The molecular formula is C55H65N9O10. The molecule has 2 aliphatic heterocycles. The fraction of sp³-hybridized carbons (Fsp3) is 0.364. The van der Waals surface area contributed by atoms with Crippen LogP contribution in [0.1, 0.15) is 75.9 Å². The molecule has 7 rings (SSSR count). The monoisotopic (exact) mass is 1010 g/mol. The molecule has 3 heterocycles. The van der Waals surface area contributed by atoms with Gasteiger partial charge in [-0.25, -0.2) is 0 Å². The van der Waals surface area contributed by atoms with E-state index in [0.717, 1.165) is 16.7 Å². The average molecular weight is 1010 g/mol. The maximum absolute atomic E-state index is 13.7. The van der Waals surface area contributed by atoms with Crippen molar-refractivity contribution in [2.24, 2.45) is 23.7 Å². The molecule has 2 aliphatic rings. The summed E-state index contributed by atoms with van der Waals surface area (Å²) in [6.07, 6.45) is 4.72. The zero-order chi connectivity index (χ0) is 52.7. The zero-order valence-electron chi connectivity index (χ0n) is 42.4. The molecule has 6 amide bonds. The number of carbonyl (C=O) groups excluding carboxylic acids is 6. The molecule has 1 unspecified atom stereocenters. The minimum Gasteiger partial charge on any atom is -0.493 e. The summed E-state index contributed by atoms with van der Waals surface area (Å²) in [5, 5.41) is 14.0. The highest BCUT2D eigenvalue weighted by Crippen LogP contribution is 2.38. The van der Waals surface area contributed by atoms with Crippen molar-refractivity contribution < 1.29 is 47.7 Å². The maximum Gasteiger partial charge on any atom is 0.267 e. The lowest BCUT2D eigenvalue weighted by Gasteiger charge is -2.34. The van der Waals surface area contributed by atoms with Gasteiger partial charge in [-0.15, -0.1) is 0 Å². The third-order valence-corrected chi connectivity index (χ3v) is 12.6. The predicted octanol–water partition coefficient (Wildman–Crippen LogP) is 5.40. The third-order valence-electron chi connectivity index (χ3n) is 12.6. The normalized spacial score (nSPS) is 14.4. The Hall–Kier alpha value is -7.87. The van der Waals surface area contributed by atoms with Crippen LogP contribution in [0.3, 0.4) is 0 Å². The van der Waals surface area contributed by atoms with Gasteiger partial charge in [-0.05, 0) is 84.3 Å². The van der Waals surface area contributed by atoms with Gasteiger partial charge in [0, 0.05) is 62.8 Å². The number of hydrogen-bond donors (Lipinski definition) is 6. The number of aliphatic imine (C=N–C) groups is 1. The summed E-state index contributed by atoms with van der Waals surface area (Å²) in [5.41, 5.74) is 12.1. The van der Waals surface area contributed by atoms with Crippen LogP contribution in [0.15, 0.2) is 102 Å². The number of amides is 6. The van der Waals surface area contributed by atoms with Crippen molar-refractivity contribution in [2.75, 3.05) is 63.9 Å². The van der Waals surface area contributed by atoms with Gasteiger partial charge in [0.25, 0.3) is 17.7 Å². The van der Waals surface area contributed by atoms with E-state index in [1.807, 2.05) is 53.6 Å². The molecule has 0 fully saturated rings. The second-order valence-electron chi connectivity index (χ2n) is 18.3. The van der Waals surface area contributed by atoms with Crippen LogP contribution in [0.4, 0.5) is 17.1 Å². The Morgan fingerprint density at radius 2 is 1.47 bits per heavy atom. The van der Waals surface area contributed by atoms with E-state index in [1.165, 1.54) is 12.7 Å². The Morgan fingerprint density at radius 1 is 0.770 bits per heavy atom. The number of aryl methyl sites for hydroxylation is 1. The molecule has 0 spiro atoms. The van der Waals surface area contributed by atoms with Crippen molar-refractivity contribution in [1.29, 1.82) is 0 Å². The van der Waals surface area contributed by atoms with Crippen LogP contribution in [0.5, 0.6) is 11.5 Å². The van der Waals surface area contributed by atoms with Crippen LogP contribution in [-0.4, -0.2) is 122 Å². The number of anilines is 2. The van der Waals surface area contributed by atoms with Gasteiger partial charge in [-0.2, -0.15) is 0 Å². The van der Waals surface area contributed by atoms with E-state index in [2.05, 4.69) is 32.7 Å². The molecule has 19 nitrogen and oxygen atoms in total. The molecule has 74 heavy (non-hydrogen) atoms. The van der Waals surface area contributed by atoms with Crippen molar-refractivity contribution in [1.82, 2.24) is 25.4 Å². The van der Waals surface area contributed by atoms with E-state index in [1.54, 1.807) is 81.0 Å². The second kappa shape index (κ2) is 25.7. The molecule has 1 aromatic heterocycles.